The maximum absolute atomic E-state index is 13.9. The number of esters is 5. The lowest BCUT2D eigenvalue weighted by Gasteiger charge is -2.35. The first kappa shape index (κ1) is 37.9. The highest BCUT2D eigenvalue weighted by Gasteiger charge is 2.45. The molecule has 0 N–H and O–H groups in total. The molecule has 0 spiro atoms. The number of nitro benzene ring substituents is 1. The van der Waals surface area contributed by atoms with Crippen LogP contribution in [0.4, 0.5) is 10.8 Å². The van der Waals surface area contributed by atoms with Crippen molar-refractivity contribution in [3.63, 3.8) is 0 Å². The van der Waals surface area contributed by atoms with Crippen LogP contribution in [0, 0.1) is 10.1 Å². The molecule has 4 atom stereocenters. The van der Waals surface area contributed by atoms with E-state index in [2.05, 4.69) is 0 Å². The van der Waals surface area contributed by atoms with Gasteiger partial charge >= 0.3 is 35.0 Å². The summed E-state index contributed by atoms with van der Waals surface area (Å²) in [6.45, 7) is 4.42. The van der Waals surface area contributed by atoms with Gasteiger partial charge in [0.15, 0.2) is 24.4 Å². The topological polar surface area (TPSA) is 205 Å². The second-order valence-corrected chi connectivity index (χ2v) is 11.6. The largest absolute Gasteiger partial charge is 0.841 e. The number of carbonyl (C=O) groups excluding carboxylic acids is 5. The summed E-state index contributed by atoms with van der Waals surface area (Å²) in [4.78, 5) is 73.4. The number of non-ortho nitro benzene ring substituents is 1. The van der Waals surface area contributed by atoms with Crippen LogP contribution in [0.25, 0.3) is 16.1 Å². The van der Waals surface area contributed by atoms with E-state index in [1.54, 1.807) is 37.4 Å². The van der Waals surface area contributed by atoms with Crippen LogP contribution in [0.3, 0.4) is 0 Å². The number of hydrogen-bond donors (Lipinski definition) is 0. The van der Waals surface area contributed by atoms with Crippen molar-refractivity contribution in [3.8, 4) is 22.0 Å². The lowest BCUT2D eigenvalue weighted by atomic mass is 10.0. The Bertz CT molecular complexity index is 1680. The third-order valence-electron chi connectivity index (χ3n) is 6.66. The van der Waals surface area contributed by atoms with Crippen LogP contribution in [-0.2, 0) is 47.7 Å². The van der Waals surface area contributed by atoms with Crippen molar-refractivity contribution in [2.75, 3.05) is 25.1 Å². The highest BCUT2D eigenvalue weighted by molar-refractivity contribution is 7.18. The molecule has 0 radical (unpaired) electrons. The molecule has 0 saturated carbocycles. The molecule has 0 unspecified atom stereocenters. The molecule has 0 saturated heterocycles. The van der Waals surface area contributed by atoms with E-state index in [1.165, 1.54) is 33.7 Å². The number of rotatable bonds is 15. The van der Waals surface area contributed by atoms with E-state index < -0.39 is 71.7 Å². The molecule has 2 aromatic carbocycles. The Hall–Kier alpha value is -5.58. The number of nitro groups is 1. The molecule has 16 nitrogen and oxygen atoms in total. The van der Waals surface area contributed by atoms with Gasteiger partial charge in [-0.1, -0.05) is 30.3 Å². The number of hydrogen-bond acceptors (Lipinski definition) is 15. The van der Waals surface area contributed by atoms with Gasteiger partial charge in [0.2, 0.25) is 0 Å². The molecule has 0 aliphatic rings. The van der Waals surface area contributed by atoms with Crippen molar-refractivity contribution in [1.82, 2.24) is 0 Å². The minimum absolute atomic E-state index is 0.197. The van der Waals surface area contributed by atoms with E-state index in [1.807, 2.05) is 0 Å². The third kappa shape index (κ3) is 10.5. The lowest BCUT2D eigenvalue weighted by Crippen LogP contribution is -2.56. The van der Waals surface area contributed by atoms with Crippen molar-refractivity contribution in [2.24, 2.45) is 0 Å². The fraction of sp³-hybridized carbons (Fsp3) is 0.375. The number of anilines is 1. The molecule has 3 rings (SSSR count). The molecule has 17 heteroatoms. The quantitative estimate of drug-likeness (QED) is 0.0734. The average Bonchev–Trinajstić information content (AvgIpc) is 3.37. The summed E-state index contributed by atoms with van der Waals surface area (Å²) < 4.78 is 28.3. The average molecular weight is 702 g/mol. The molecule has 49 heavy (non-hydrogen) atoms. The molecule has 3 aromatic rings. The van der Waals surface area contributed by atoms with E-state index in [0.717, 1.165) is 46.0 Å². The van der Waals surface area contributed by atoms with Crippen LogP contribution in [0.1, 0.15) is 34.6 Å². The van der Waals surface area contributed by atoms with Crippen molar-refractivity contribution < 1.29 is 62.3 Å². The highest BCUT2D eigenvalue weighted by Crippen LogP contribution is 2.37. The van der Waals surface area contributed by atoms with Crippen LogP contribution in [0.15, 0.2) is 54.6 Å². The molecular weight excluding hydrogens is 666 g/mol. The fourth-order valence-corrected chi connectivity index (χ4v) is 5.94. The van der Waals surface area contributed by atoms with Gasteiger partial charge in [-0.15, -0.1) is 0 Å². The maximum Gasteiger partial charge on any atom is 0.341 e. The molecule has 1 aromatic heterocycles. The Morgan fingerprint density at radius 1 is 0.776 bits per heavy atom. The van der Waals surface area contributed by atoms with Crippen LogP contribution in [0.5, 0.6) is 5.88 Å². The number of thiazole rings is 1. The summed E-state index contributed by atoms with van der Waals surface area (Å²) in [7, 11) is 1.55. The fourth-order valence-electron chi connectivity index (χ4n) is 4.81. The van der Waals surface area contributed by atoms with Crippen molar-refractivity contribution in [3.05, 3.63) is 64.7 Å². The highest BCUT2D eigenvalue weighted by atomic mass is 32.1. The zero-order valence-electron chi connectivity index (χ0n) is 27.5. The van der Waals surface area contributed by atoms with E-state index in [-0.39, 0.29) is 23.1 Å². The van der Waals surface area contributed by atoms with Gasteiger partial charge in [0, 0.05) is 46.8 Å². The number of ether oxygens (including phenoxy) is 5. The van der Waals surface area contributed by atoms with Gasteiger partial charge in [-0.3, -0.25) is 39.0 Å². The minimum atomic E-state index is -1.65. The van der Waals surface area contributed by atoms with Crippen LogP contribution < -0.4 is 14.6 Å². The number of carbonyl (C=O) groups is 5. The maximum atomic E-state index is 13.9. The number of benzene rings is 2. The standard InChI is InChI=1S/C32H35N3O13S/c1-18(36)44-17-27(46-20(3)38)29(48-22(5)40)28(47-21(4)39)26(45-19(2)37)16-33(6)32-34(24-12-14-25(15-13-24)35(42)43)31(41)30(49-32)23-10-8-7-9-11-23/h7-15,26-29H,16-17H2,1-6H3/t26-,27+,28+,29+/m0/s1. The number of likely N-dealkylation sites (N-methyl/N-ethyl adjacent to an activating group) is 1. The van der Waals surface area contributed by atoms with E-state index in [4.69, 9.17) is 23.7 Å². The van der Waals surface area contributed by atoms with Gasteiger partial charge in [0.1, 0.15) is 18.8 Å². The van der Waals surface area contributed by atoms with Gasteiger partial charge in [-0.2, -0.15) is 4.57 Å². The van der Waals surface area contributed by atoms with Gasteiger partial charge < -0.3 is 28.8 Å². The zero-order valence-corrected chi connectivity index (χ0v) is 28.3. The summed E-state index contributed by atoms with van der Waals surface area (Å²) in [5.41, 5.74) is 0.675. The van der Waals surface area contributed by atoms with Gasteiger partial charge in [0.05, 0.1) is 22.7 Å². The zero-order chi connectivity index (χ0) is 36.4. The SMILES string of the molecule is CC(=O)OC[C@@H](OC(C)=O)[C@@H](OC(C)=O)[C@H](OC(C)=O)[C@H](CN(C)c1sc(-c2ccccc2)c([O-])[n+]1-c1ccc([N+](=O)[O-])cc1)OC(C)=O. The lowest BCUT2D eigenvalue weighted by molar-refractivity contribution is -0.634. The van der Waals surface area contributed by atoms with Gasteiger partial charge in [-0.05, 0) is 29.0 Å². The van der Waals surface area contributed by atoms with Gasteiger partial charge in [0.25, 0.3) is 5.69 Å². The Kier molecular flexibility index (Phi) is 13.1. The van der Waals surface area contributed by atoms with Crippen LogP contribution in [0.2, 0.25) is 0 Å². The van der Waals surface area contributed by atoms with Crippen LogP contribution in [-0.4, -0.2) is 79.4 Å². The predicted molar refractivity (Wildman–Crippen MR) is 170 cm³/mol. The molecular formula is C32H35N3O13S. The first-order chi connectivity index (χ1) is 23.1. The predicted octanol–water partition coefficient (Wildman–Crippen LogP) is 2.40. The summed E-state index contributed by atoms with van der Waals surface area (Å²) in [6.07, 6.45) is -6.25. The second-order valence-electron chi connectivity index (χ2n) is 10.6. The van der Waals surface area contributed by atoms with Crippen molar-refractivity contribution in [1.29, 1.82) is 0 Å². The normalized spacial score (nSPS) is 13.2. The summed E-state index contributed by atoms with van der Waals surface area (Å²) in [5, 5.41) is 25.5. The Morgan fingerprint density at radius 3 is 1.78 bits per heavy atom. The minimum Gasteiger partial charge on any atom is -0.841 e. The number of aromatic nitrogens is 1. The van der Waals surface area contributed by atoms with Crippen molar-refractivity contribution in [2.45, 2.75) is 59.0 Å². The smallest absolute Gasteiger partial charge is 0.341 e. The van der Waals surface area contributed by atoms with Crippen molar-refractivity contribution >= 4 is 52.0 Å². The monoisotopic (exact) mass is 701 g/mol. The second kappa shape index (κ2) is 17.0. The molecule has 0 amide bonds. The molecule has 262 valence electrons. The Balaban J connectivity index is 2.18. The molecule has 0 aliphatic heterocycles. The Labute approximate surface area is 284 Å². The van der Waals surface area contributed by atoms with E-state index >= 15 is 0 Å². The third-order valence-corrected chi connectivity index (χ3v) is 7.95. The summed E-state index contributed by atoms with van der Waals surface area (Å²) >= 11 is 1.07. The summed E-state index contributed by atoms with van der Waals surface area (Å²) in [5.74, 6) is -4.67. The van der Waals surface area contributed by atoms with E-state index in [9.17, 15) is 39.2 Å². The molecule has 0 fully saturated rings. The molecule has 0 aliphatic carbocycles. The number of nitrogens with zero attached hydrogens (tertiary/aromatic N) is 3. The van der Waals surface area contributed by atoms with Crippen LogP contribution >= 0.6 is 11.3 Å². The Morgan fingerprint density at radius 2 is 1.29 bits per heavy atom. The molecule has 0 bridgehead atoms. The first-order valence-electron chi connectivity index (χ1n) is 14.7. The first-order valence-corrected chi connectivity index (χ1v) is 15.5. The molecule has 1 heterocycles. The van der Waals surface area contributed by atoms with Gasteiger partial charge in [-0.25, -0.2) is 0 Å². The summed E-state index contributed by atoms with van der Waals surface area (Å²) in [6, 6.07) is 14.0. The van der Waals surface area contributed by atoms with E-state index in [0.29, 0.717) is 10.4 Å².